The van der Waals surface area contributed by atoms with Crippen LogP contribution in [-0.4, -0.2) is 61.1 Å². The van der Waals surface area contributed by atoms with E-state index < -0.39 is 0 Å². The van der Waals surface area contributed by atoms with Gasteiger partial charge in [0, 0.05) is 33.7 Å². The first-order chi connectivity index (χ1) is 12.9. The van der Waals surface area contributed by atoms with Crippen molar-refractivity contribution in [2.45, 2.75) is 45.4 Å². The molecule has 1 aliphatic heterocycles. The minimum Gasteiger partial charge on any atom is -0.393 e. The maximum Gasteiger partial charge on any atom is 0.332 e. The van der Waals surface area contributed by atoms with E-state index in [0.29, 0.717) is 50.3 Å². The second-order valence-electron chi connectivity index (χ2n) is 7.29. The van der Waals surface area contributed by atoms with Gasteiger partial charge in [0.05, 0.1) is 25.9 Å². The van der Waals surface area contributed by atoms with Gasteiger partial charge in [-0.05, 0) is 26.2 Å². The molecule has 1 unspecified atom stereocenters. The largest absolute Gasteiger partial charge is 0.393 e. The molecule has 2 aromatic rings. The van der Waals surface area contributed by atoms with Crippen LogP contribution in [0.2, 0.25) is 0 Å². The van der Waals surface area contributed by atoms with Gasteiger partial charge in [-0.1, -0.05) is 0 Å². The minimum atomic E-state index is -0.369. The van der Waals surface area contributed by atoms with E-state index in [1.807, 2.05) is 7.05 Å². The number of aliphatic hydroxyl groups is 1. The van der Waals surface area contributed by atoms with Crippen molar-refractivity contribution in [1.29, 1.82) is 0 Å². The second-order valence-corrected chi connectivity index (χ2v) is 7.29. The molecule has 1 saturated heterocycles. The van der Waals surface area contributed by atoms with Crippen LogP contribution in [0, 0.1) is 0 Å². The van der Waals surface area contributed by atoms with Crippen molar-refractivity contribution in [3.05, 3.63) is 26.7 Å². The molecule has 1 fully saturated rings. The molecule has 1 atom stereocenters. The van der Waals surface area contributed by atoms with Crippen molar-refractivity contribution < 1.29 is 9.84 Å². The number of ether oxygens (including phenoxy) is 1. The molecule has 0 saturated carbocycles. The summed E-state index contributed by atoms with van der Waals surface area (Å²) in [6.45, 7) is 5.76. The fourth-order valence-electron chi connectivity index (χ4n) is 3.50. The molecule has 9 heteroatoms. The van der Waals surface area contributed by atoms with Crippen LogP contribution >= 0.6 is 0 Å². The number of aryl methyl sites for hydroxylation is 2. The highest BCUT2D eigenvalue weighted by molar-refractivity contribution is 5.70. The summed E-state index contributed by atoms with van der Waals surface area (Å²) in [7, 11) is 3.48. The zero-order chi connectivity index (χ0) is 19.6. The smallest absolute Gasteiger partial charge is 0.332 e. The minimum absolute atomic E-state index is 0.298. The molecule has 1 aliphatic rings. The number of morpholine rings is 1. The number of nitrogens with zero attached hydrogens (tertiary/aromatic N) is 5. The van der Waals surface area contributed by atoms with Crippen LogP contribution in [0.5, 0.6) is 0 Å². The lowest BCUT2D eigenvalue weighted by Crippen LogP contribution is -2.39. The van der Waals surface area contributed by atoms with E-state index in [1.54, 1.807) is 18.5 Å². The summed E-state index contributed by atoms with van der Waals surface area (Å²) in [6.07, 6.45) is 1.72. The predicted octanol–water partition coefficient (Wildman–Crippen LogP) is -0.183. The van der Waals surface area contributed by atoms with Crippen molar-refractivity contribution >= 4 is 11.2 Å². The lowest BCUT2D eigenvalue weighted by Gasteiger charge is -2.25. The van der Waals surface area contributed by atoms with Crippen LogP contribution in [-0.2, 0) is 31.9 Å². The second kappa shape index (κ2) is 8.37. The van der Waals surface area contributed by atoms with Gasteiger partial charge in [-0.2, -0.15) is 0 Å². The van der Waals surface area contributed by atoms with Gasteiger partial charge >= 0.3 is 5.69 Å². The number of imidazole rings is 1. The molecule has 0 amide bonds. The first-order valence-corrected chi connectivity index (χ1v) is 9.53. The average molecular weight is 379 g/mol. The van der Waals surface area contributed by atoms with Crippen LogP contribution in [0.3, 0.4) is 0 Å². The van der Waals surface area contributed by atoms with Gasteiger partial charge in [0.2, 0.25) is 0 Å². The molecule has 0 spiro atoms. The lowest BCUT2D eigenvalue weighted by atomic mass is 10.2. The third-order valence-corrected chi connectivity index (χ3v) is 5.17. The van der Waals surface area contributed by atoms with Crippen molar-refractivity contribution in [1.82, 2.24) is 23.6 Å². The Bertz CT molecular complexity index is 905. The summed E-state index contributed by atoms with van der Waals surface area (Å²) in [6, 6.07) is 0. The quantitative estimate of drug-likeness (QED) is 0.671. The Morgan fingerprint density at radius 3 is 2.52 bits per heavy atom. The number of hydrogen-bond acceptors (Lipinski definition) is 6. The lowest BCUT2D eigenvalue weighted by molar-refractivity contribution is 0.0327. The molecular weight excluding hydrogens is 350 g/mol. The first kappa shape index (κ1) is 19.8. The maximum absolute atomic E-state index is 13.0. The van der Waals surface area contributed by atoms with E-state index in [-0.39, 0.29) is 17.4 Å². The SMILES string of the molecule is CC(O)CCCCn1c(=O)c2c(nc(CN3CCOCC3)n2C)n(C)c1=O. The fraction of sp³-hybridized carbons (Fsp3) is 0.722. The van der Waals surface area contributed by atoms with E-state index in [1.165, 1.54) is 9.13 Å². The van der Waals surface area contributed by atoms with Crippen LogP contribution < -0.4 is 11.2 Å². The van der Waals surface area contributed by atoms with E-state index in [2.05, 4.69) is 9.88 Å². The maximum atomic E-state index is 13.0. The summed E-state index contributed by atoms with van der Waals surface area (Å²) in [5, 5.41) is 9.36. The molecular formula is C18H29N5O4. The molecule has 150 valence electrons. The Kier molecular flexibility index (Phi) is 6.13. The van der Waals surface area contributed by atoms with Crippen molar-refractivity contribution in [3.63, 3.8) is 0 Å². The van der Waals surface area contributed by atoms with Crippen molar-refractivity contribution in [3.8, 4) is 0 Å². The zero-order valence-electron chi connectivity index (χ0n) is 16.3. The molecule has 3 rings (SSSR count). The standard InChI is InChI=1S/C18H29N5O4/c1-13(24)6-4-5-7-23-17(25)15-16(21(3)18(23)26)19-14(20(15)2)12-22-8-10-27-11-9-22/h13,24H,4-12H2,1-3H3. The van der Waals surface area contributed by atoms with E-state index in [0.717, 1.165) is 25.3 Å². The number of hydrogen-bond donors (Lipinski definition) is 1. The van der Waals surface area contributed by atoms with Crippen molar-refractivity contribution in [2.24, 2.45) is 14.1 Å². The molecule has 27 heavy (non-hydrogen) atoms. The molecule has 3 heterocycles. The van der Waals surface area contributed by atoms with E-state index in [9.17, 15) is 14.7 Å². The van der Waals surface area contributed by atoms with Gasteiger partial charge in [-0.3, -0.25) is 18.8 Å². The van der Waals surface area contributed by atoms with E-state index in [4.69, 9.17) is 4.74 Å². The fourth-order valence-corrected chi connectivity index (χ4v) is 3.50. The molecule has 0 aromatic carbocycles. The molecule has 9 nitrogen and oxygen atoms in total. The number of rotatable bonds is 7. The van der Waals surface area contributed by atoms with Gasteiger partial charge in [0.25, 0.3) is 5.56 Å². The summed E-state index contributed by atoms with van der Waals surface area (Å²) < 4.78 is 9.91. The van der Waals surface area contributed by atoms with Gasteiger partial charge in [0.1, 0.15) is 5.82 Å². The monoisotopic (exact) mass is 379 g/mol. The average Bonchev–Trinajstić information content (AvgIpc) is 2.96. The molecule has 0 radical (unpaired) electrons. The van der Waals surface area contributed by atoms with Crippen LogP contribution in [0.15, 0.2) is 9.59 Å². The topological polar surface area (TPSA) is 94.5 Å². The van der Waals surface area contributed by atoms with Crippen LogP contribution in [0.4, 0.5) is 0 Å². The molecule has 2 aromatic heterocycles. The van der Waals surface area contributed by atoms with Gasteiger partial charge in [0.15, 0.2) is 11.2 Å². The first-order valence-electron chi connectivity index (χ1n) is 9.53. The highest BCUT2D eigenvalue weighted by Crippen LogP contribution is 2.12. The Morgan fingerprint density at radius 2 is 1.85 bits per heavy atom. The number of fused-ring (bicyclic) bond motifs is 1. The van der Waals surface area contributed by atoms with Gasteiger partial charge in [-0.15, -0.1) is 0 Å². The van der Waals surface area contributed by atoms with Crippen LogP contribution in [0.25, 0.3) is 11.2 Å². The van der Waals surface area contributed by atoms with Gasteiger partial charge < -0.3 is 14.4 Å². The number of aliphatic hydroxyl groups excluding tert-OH is 1. The Morgan fingerprint density at radius 1 is 1.15 bits per heavy atom. The third-order valence-electron chi connectivity index (χ3n) is 5.17. The van der Waals surface area contributed by atoms with E-state index >= 15 is 0 Å². The highest BCUT2D eigenvalue weighted by Gasteiger charge is 2.20. The Labute approximate surface area is 157 Å². The number of aromatic nitrogens is 4. The molecule has 1 N–H and O–H groups in total. The number of unbranched alkanes of at least 4 members (excludes halogenated alkanes) is 1. The summed E-state index contributed by atoms with van der Waals surface area (Å²) >= 11 is 0. The Hall–Kier alpha value is -1.97. The van der Waals surface area contributed by atoms with Gasteiger partial charge in [-0.25, -0.2) is 9.78 Å². The summed E-state index contributed by atoms with van der Waals surface area (Å²) in [5.41, 5.74) is 0.237. The summed E-state index contributed by atoms with van der Waals surface area (Å²) in [4.78, 5) is 32.4. The highest BCUT2D eigenvalue weighted by atomic mass is 16.5. The summed E-state index contributed by atoms with van der Waals surface area (Å²) in [5.74, 6) is 0.769. The zero-order valence-corrected chi connectivity index (χ0v) is 16.3. The molecule has 0 bridgehead atoms. The third kappa shape index (κ3) is 4.15. The normalized spacial score (nSPS) is 16.9. The predicted molar refractivity (Wildman–Crippen MR) is 102 cm³/mol. The van der Waals surface area contributed by atoms with Crippen molar-refractivity contribution in [2.75, 3.05) is 26.3 Å². The Balaban J connectivity index is 1.91. The van der Waals surface area contributed by atoms with Crippen LogP contribution in [0.1, 0.15) is 32.0 Å². The molecule has 0 aliphatic carbocycles.